The molecule has 2 aliphatic carbocycles. The molecule has 12 aromatic rings. The van der Waals surface area contributed by atoms with E-state index in [2.05, 4.69) is 218 Å². The maximum atomic E-state index is 2.51. The summed E-state index contributed by atoms with van der Waals surface area (Å²) in [4.78, 5) is 0. The first-order valence-electron chi connectivity index (χ1n) is 21.7. The van der Waals surface area contributed by atoms with E-state index in [1.54, 1.807) is 0 Å². The van der Waals surface area contributed by atoms with Crippen LogP contribution in [-0.4, -0.2) is 0 Å². The number of hydrogen-bond donors (Lipinski definition) is 0. The second-order valence-electron chi connectivity index (χ2n) is 17.0. The summed E-state index contributed by atoms with van der Waals surface area (Å²) in [5, 5.41) is 12.9. The van der Waals surface area contributed by atoms with Crippen molar-refractivity contribution in [3.05, 3.63) is 218 Å². The SMILES string of the molecule is c1ccc(-c2ccccc2-c2c3c(cc4c2ccc2c5cc6c(c(-c7ccccc7-c7ccccc7)c5ccc42)-c2cccc4cccc-6c24)-c2cccc4cccc-3c24)cc1. The topological polar surface area (TPSA) is 0 Å². The zero-order valence-corrected chi connectivity index (χ0v) is 33.8. The lowest BCUT2D eigenvalue weighted by Crippen LogP contribution is -1.94. The van der Waals surface area contributed by atoms with E-state index >= 15 is 0 Å². The number of fused-ring (bicyclic) bond motifs is 11. The molecule has 0 atom stereocenters. The van der Waals surface area contributed by atoms with Gasteiger partial charge < -0.3 is 0 Å². The van der Waals surface area contributed by atoms with Crippen molar-refractivity contribution in [1.29, 1.82) is 0 Å². The first-order valence-corrected chi connectivity index (χ1v) is 21.7. The van der Waals surface area contributed by atoms with Gasteiger partial charge in [0.2, 0.25) is 0 Å². The lowest BCUT2D eigenvalue weighted by molar-refractivity contribution is 1.60. The van der Waals surface area contributed by atoms with Gasteiger partial charge in [0.05, 0.1) is 0 Å². The van der Waals surface area contributed by atoms with Gasteiger partial charge in [-0.05, 0) is 155 Å². The van der Waals surface area contributed by atoms with Crippen molar-refractivity contribution >= 4 is 53.9 Å². The smallest absolute Gasteiger partial charge is 0.00134 e. The van der Waals surface area contributed by atoms with Crippen LogP contribution in [0, 0.1) is 0 Å². The van der Waals surface area contributed by atoms with Crippen molar-refractivity contribution in [1.82, 2.24) is 0 Å². The van der Waals surface area contributed by atoms with Gasteiger partial charge in [-0.1, -0.05) is 206 Å². The molecule has 0 saturated heterocycles. The van der Waals surface area contributed by atoms with Gasteiger partial charge in [-0.2, -0.15) is 0 Å². The Morgan fingerprint density at radius 2 is 0.516 bits per heavy atom. The third kappa shape index (κ3) is 4.56. The summed E-state index contributed by atoms with van der Waals surface area (Å²) in [6, 6.07) is 81.8. The van der Waals surface area contributed by atoms with Gasteiger partial charge in [-0.25, -0.2) is 0 Å². The number of benzene rings is 12. The molecule has 0 bridgehead atoms. The minimum Gasteiger partial charge on any atom is -0.0622 e. The van der Waals surface area contributed by atoms with Crippen molar-refractivity contribution in [3.8, 4) is 89.0 Å². The molecule has 0 radical (unpaired) electrons. The molecule has 14 rings (SSSR count). The summed E-state index contributed by atoms with van der Waals surface area (Å²) in [6.45, 7) is 0. The fourth-order valence-corrected chi connectivity index (χ4v) is 11.4. The maximum Gasteiger partial charge on any atom is -0.00134 e. The molecule has 0 N–H and O–H groups in total. The predicted molar refractivity (Wildman–Crippen MR) is 265 cm³/mol. The van der Waals surface area contributed by atoms with Crippen molar-refractivity contribution < 1.29 is 0 Å². The largest absolute Gasteiger partial charge is 0.0622 e. The predicted octanol–water partition coefficient (Wildman–Crippen LogP) is 17.4. The van der Waals surface area contributed by atoms with Gasteiger partial charge in [-0.15, -0.1) is 0 Å². The molecule has 0 fully saturated rings. The van der Waals surface area contributed by atoms with Crippen molar-refractivity contribution in [2.45, 2.75) is 0 Å². The van der Waals surface area contributed by atoms with Crippen molar-refractivity contribution in [3.63, 3.8) is 0 Å². The Bertz CT molecular complexity index is 3620. The molecule has 284 valence electrons. The molecule has 0 aromatic heterocycles. The van der Waals surface area contributed by atoms with Crippen LogP contribution in [0.3, 0.4) is 0 Å². The first kappa shape index (κ1) is 33.7. The highest BCUT2D eigenvalue weighted by atomic mass is 14.3. The van der Waals surface area contributed by atoms with Crippen LogP contribution < -0.4 is 0 Å². The molecule has 0 aliphatic heterocycles. The van der Waals surface area contributed by atoms with Gasteiger partial charge in [0.15, 0.2) is 0 Å². The van der Waals surface area contributed by atoms with Crippen molar-refractivity contribution in [2.24, 2.45) is 0 Å². The monoisotopic (exact) mass is 780 g/mol. The highest BCUT2D eigenvalue weighted by molar-refractivity contribution is 6.31. The Morgan fingerprint density at radius 1 is 0.177 bits per heavy atom. The van der Waals surface area contributed by atoms with E-state index in [-0.39, 0.29) is 0 Å². The number of hydrogen-bond acceptors (Lipinski definition) is 0. The minimum absolute atomic E-state index is 1.22. The van der Waals surface area contributed by atoms with Crippen LogP contribution in [0.4, 0.5) is 0 Å². The van der Waals surface area contributed by atoms with E-state index < -0.39 is 0 Å². The highest BCUT2D eigenvalue weighted by Crippen LogP contribution is 2.58. The molecule has 0 heteroatoms. The number of rotatable bonds is 4. The van der Waals surface area contributed by atoms with E-state index in [9.17, 15) is 0 Å². The molecule has 2 aliphatic rings. The van der Waals surface area contributed by atoms with E-state index in [0.717, 1.165) is 0 Å². The van der Waals surface area contributed by atoms with E-state index in [0.29, 0.717) is 0 Å². The molecule has 0 nitrogen and oxygen atoms in total. The van der Waals surface area contributed by atoms with Crippen LogP contribution in [-0.2, 0) is 0 Å². The molecule has 0 saturated carbocycles. The molecule has 0 heterocycles. The van der Waals surface area contributed by atoms with Crippen LogP contribution in [0.1, 0.15) is 0 Å². The summed E-state index contributed by atoms with van der Waals surface area (Å²) in [5.74, 6) is 0. The van der Waals surface area contributed by atoms with E-state index in [4.69, 9.17) is 0 Å². The standard InChI is InChI=1S/C62H36/c1-3-15-37(16-4-1)41-23-7-9-25-45(41)59-49-33-31-44-43(53(49)35-55-47-27-11-19-39-21-13-29-51(57(39)47)61(55)59)32-34-50-54(44)36-56-48-28-12-20-40-22-14-30-52(58(40)48)62(56)60(50)46-26-10-8-24-42(46)38-17-5-2-6-18-38/h1-36H. The summed E-state index contributed by atoms with van der Waals surface area (Å²) < 4.78 is 0. The minimum atomic E-state index is 1.22. The summed E-state index contributed by atoms with van der Waals surface area (Å²) in [5.41, 5.74) is 20.6. The molecular weight excluding hydrogens is 745 g/mol. The summed E-state index contributed by atoms with van der Waals surface area (Å²) in [7, 11) is 0. The Morgan fingerprint density at radius 3 is 0.935 bits per heavy atom. The second-order valence-corrected chi connectivity index (χ2v) is 17.0. The van der Waals surface area contributed by atoms with Gasteiger partial charge in [-0.3, -0.25) is 0 Å². The van der Waals surface area contributed by atoms with Crippen molar-refractivity contribution in [2.75, 3.05) is 0 Å². The molecular formula is C62H36. The van der Waals surface area contributed by atoms with E-state index in [1.807, 2.05) is 0 Å². The lowest BCUT2D eigenvalue weighted by Gasteiger charge is -2.21. The fourth-order valence-electron chi connectivity index (χ4n) is 11.4. The quantitative estimate of drug-likeness (QED) is 0.156. The fraction of sp³-hybridized carbons (Fsp3) is 0. The zero-order valence-electron chi connectivity index (χ0n) is 33.8. The average molecular weight is 781 g/mol. The van der Waals surface area contributed by atoms with Crippen LogP contribution in [0.2, 0.25) is 0 Å². The molecule has 62 heavy (non-hydrogen) atoms. The van der Waals surface area contributed by atoms with Crippen LogP contribution in [0.15, 0.2) is 218 Å². The summed E-state index contributed by atoms with van der Waals surface area (Å²) >= 11 is 0. The van der Waals surface area contributed by atoms with Gasteiger partial charge in [0, 0.05) is 0 Å². The lowest BCUT2D eigenvalue weighted by atomic mass is 9.82. The Hall–Kier alpha value is -8.06. The second kappa shape index (κ2) is 12.7. The molecule has 12 aromatic carbocycles. The van der Waals surface area contributed by atoms with Crippen LogP contribution in [0.5, 0.6) is 0 Å². The van der Waals surface area contributed by atoms with Crippen LogP contribution in [0.25, 0.3) is 143 Å². The molecule has 0 spiro atoms. The molecule has 0 amide bonds. The normalized spacial score (nSPS) is 12.2. The third-order valence-electron chi connectivity index (χ3n) is 13.9. The first-order chi connectivity index (χ1) is 30.8. The Kier molecular flexibility index (Phi) is 6.92. The van der Waals surface area contributed by atoms with Gasteiger partial charge >= 0.3 is 0 Å². The highest BCUT2D eigenvalue weighted by Gasteiger charge is 2.30. The van der Waals surface area contributed by atoms with Crippen LogP contribution >= 0.6 is 0 Å². The van der Waals surface area contributed by atoms with E-state index in [1.165, 1.54) is 143 Å². The van der Waals surface area contributed by atoms with Gasteiger partial charge in [0.1, 0.15) is 0 Å². The van der Waals surface area contributed by atoms with Gasteiger partial charge in [0.25, 0.3) is 0 Å². The Balaban J connectivity index is 1.13. The summed E-state index contributed by atoms with van der Waals surface area (Å²) in [6.07, 6.45) is 0. The zero-order chi connectivity index (χ0) is 40.5. The average Bonchev–Trinajstić information content (AvgIpc) is 3.84. The molecule has 0 unspecified atom stereocenters. The Labute approximate surface area is 359 Å². The third-order valence-corrected chi connectivity index (χ3v) is 13.9. The maximum absolute atomic E-state index is 2.51.